The van der Waals surface area contributed by atoms with Crippen molar-refractivity contribution in [2.24, 2.45) is 34.5 Å². The van der Waals surface area contributed by atoms with Gasteiger partial charge in [-0.1, -0.05) is 32.9 Å². The van der Waals surface area contributed by atoms with Crippen LogP contribution in [0, 0.1) is 41.4 Å². The molecule has 7 nitrogen and oxygen atoms in total. The molecule has 1 saturated heterocycles. The topological polar surface area (TPSA) is 101 Å². The molecule has 3 N–H and O–H groups in total. The fourth-order valence-electron chi connectivity index (χ4n) is 8.54. The number of carbonyl (C=O) groups excluding carboxylic acids is 1. The second kappa shape index (κ2) is 7.45. The summed E-state index contributed by atoms with van der Waals surface area (Å²) in [6.45, 7) is 15.9. The molecular formula is C30H41NO6. The lowest BCUT2D eigenvalue weighted by Crippen LogP contribution is -2.68. The van der Waals surface area contributed by atoms with Crippen molar-refractivity contribution in [3.05, 3.63) is 46.8 Å². The minimum absolute atomic E-state index is 0.0324. The van der Waals surface area contributed by atoms with E-state index < -0.39 is 34.8 Å². The van der Waals surface area contributed by atoms with Gasteiger partial charge in [-0.3, -0.25) is 4.79 Å². The van der Waals surface area contributed by atoms with Gasteiger partial charge in [0, 0.05) is 12.1 Å². The molecule has 4 aliphatic carbocycles. The van der Waals surface area contributed by atoms with Gasteiger partial charge in [0.25, 0.3) is 0 Å². The Labute approximate surface area is 219 Å². The Bertz CT molecular complexity index is 1220. The number of ether oxygens (including phenoxy) is 3. The largest absolute Gasteiger partial charge is 0.382 e. The van der Waals surface area contributed by atoms with Crippen LogP contribution in [0.1, 0.15) is 66.1 Å². The number of nitrogens with one attached hydrogen (secondary N) is 1. The molecule has 2 bridgehead atoms. The van der Waals surface area contributed by atoms with Gasteiger partial charge in [0.1, 0.15) is 17.8 Å². The van der Waals surface area contributed by atoms with Crippen molar-refractivity contribution in [1.29, 1.82) is 0 Å². The monoisotopic (exact) mass is 511 g/mol. The average Bonchev–Trinajstić information content (AvgIpc) is 3.06. The maximum atomic E-state index is 14.8. The number of fused-ring (bicyclic) bond motifs is 5. The predicted molar refractivity (Wildman–Crippen MR) is 137 cm³/mol. The van der Waals surface area contributed by atoms with E-state index in [1.807, 2.05) is 45.9 Å². The Balaban J connectivity index is 1.54. The van der Waals surface area contributed by atoms with E-state index in [-0.39, 0.29) is 35.6 Å². The molecule has 3 fully saturated rings. The molecule has 0 radical (unpaired) electrons. The summed E-state index contributed by atoms with van der Waals surface area (Å²) in [6.07, 6.45) is 4.78. The van der Waals surface area contributed by atoms with E-state index in [1.165, 1.54) is 0 Å². The van der Waals surface area contributed by atoms with Crippen LogP contribution in [0.25, 0.3) is 0 Å². The Morgan fingerprint density at radius 2 is 1.92 bits per heavy atom. The molecule has 2 saturated carbocycles. The molecule has 6 unspecified atom stereocenters. The van der Waals surface area contributed by atoms with Crippen molar-refractivity contribution >= 4 is 5.78 Å². The van der Waals surface area contributed by atoms with Crippen LogP contribution in [0.4, 0.5) is 0 Å². The molecule has 1 aliphatic heterocycles. The summed E-state index contributed by atoms with van der Waals surface area (Å²) in [6, 6.07) is 1.87. The van der Waals surface area contributed by atoms with Crippen molar-refractivity contribution < 1.29 is 29.2 Å². The normalized spacial score (nSPS) is 44.9. The number of hydrogen-bond acceptors (Lipinski definition) is 6. The number of H-pyrrole nitrogens is 1. The van der Waals surface area contributed by atoms with E-state index in [1.54, 1.807) is 13.1 Å². The van der Waals surface area contributed by atoms with Crippen molar-refractivity contribution in [2.75, 3.05) is 6.61 Å². The Kier molecular flexibility index (Phi) is 5.14. The fraction of sp³-hybridized carbons (Fsp3) is 0.700. The maximum absolute atomic E-state index is 14.8. The molecule has 6 rings (SSSR count). The van der Waals surface area contributed by atoms with Gasteiger partial charge in [0.15, 0.2) is 11.6 Å². The summed E-state index contributed by atoms with van der Waals surface area (Å²) in [5.74, 6) is -2.53. The van der Waals surface area contributed by atoms with Crippen molar-refractivity contribution in [1.82, 2.24) is 4.98 Å². The molecule has 37 heavy (non-hydrogen) atoms. The lowest BCUT2D eigenvalue weighted by atomic mass is 9.58. The average molecular weight is 512 g/mol. The first kappa shape index (κ1) is 25.5. The minimum atomic E-state index is -1.76. The standard InChI is InChI=1S/C30H41NO6/c1-15-9-10-31-22(15)28(8,33)37-24-16(2)13-29-17(3)11-20-21(26(20,4)5)19(23(29)32)12-18-14-35-27(6,7)36-25(18)30(24,29)34/h9-10,12-13,17,19-21,24-25,31,33-34H,11,14H2,1-8H3/t17-,19?,20-,21+,24?,25?,28?,29?,30?/m1/s1. The molecular weight excluding hydrogens is 470 g/mol. The zero-order valence-electron chi connectivity index (χ0n) is 23.2. The number of aromatic amines is 1. The number of hydrogen-bond donors (Lipinski definition) is 3. The molecule has 1 spiro atoms. The van der Waals surface area contributed by atoms with Crippen molar-refractivity contribution in [3.63, 3.8) is 0 Å². The highest BCUT2D eigenvalue weighted by Crippen LogP contribution is 2.72. The third kappa shape index (κ3) is 3.15. The summed E-state index contributed by atoms with van der Waals surface area (Å²) in [5.41, 5.74) is -0.0440. The molecule has 1 aromatic heterocycles. The number of ketones is 1. The maximum Gasteiger partial charge on any atom is 0.205 e. The van der Waals surface area contributed by atoms with Gasteiger partial charge in [-0.25, -0.2) is 0 Å². The third-order valence-electron chi connectivity index (χ3n) is 10.4. The molecule has 0 amide bonds. The third-order valence-corrected chi connectivity index (χ3v) is 10.4. The fourth-order valence-corrected chi connectivity index (χ4v) is 8.54. The first-order chi connectivity index (χ1) is 17.1. The minimum Gasteiger partial charge on any atom is -0.382 e. The highest BCUT2D eigenvalue weighted by Gasteiger charge is 2.77. The number of aryl methyl sites for hydroxylation is 1. The number of aliphatic hydroxyl groups is 2. The van der Waals surface area contributed by atoms with Gasteiger partial charge in [0.05, 0.1) is 17.7 Å². The van der Waals surface area contributed by atoms with Gasteiger partial charge < -0.3 is 29.4 Å². The van der Waals surface area contributed by atoms with E-state index in [2.05, 4.69) is 25.8 Å². The van der Waals surface area contributed by atoms with Crippen LogP contribution >= 0.6 is 0 Å². The van der Waals surface area contributed by atoms with E-state index in [4.69, 9.17) is 14.2 Å². The molecule has 202 valence electrons. The lowest BCUT2D eigenvalue weighted by molar-refractivity contribution is -0.325. The Morgan fingerprint density at radius 1 is 1.22 bits per heavy atom. The Morgan fingerprint density at radius 3 is 2.57 bits per heavy atom. The predicted octanol–water partition coefficient (Wildman–Crippen LogP) is 4.14. The van der Waals surface area contributed by atoms with Crippen molar-refractivity contribution in [3.8, 4) is 0 Å². The zero-order valence-corrected chi connectivity index (χ0v) is 23.2. The van der Waals surface area contributed by atoms with Crippen LogP contribution in [0.15, 0.2) is 35.6 Å². The first-order valence-corrected chi connectivity index (χ1v) is 13.6. The molecule has 7 heteroatoms. The first-order valence-electron chi connectivity index (χ1n) is 13.6. The van der Waals surface area contributed by atoms with E-state index in [9.17, 15) is 15.0 Å². The number of allylic oxidation sites excluding steroid dienone is 1. The highest BCUT2D eigenvalue weighted by atomic mass is 16.7. The van der Waals surface area contributed by atoms with E-state index in [0.29, 0.717) is 11.6 Å². The van der Waals surface area contributed by atoms with Crippen LogP contribution < -0.4 is 0 Å². The number of Topliss-reactive ketones (excluding diaryl/α,β-unsaturated/α-hetero) is 1. The highest BCUT2D eigenvalue weighted by molar-refractivity contribution is 5.95. The number of aromatic nitrogens is 1. The van der Waals surface area contributed by atoms with Gasteiger partial charge in [-0.15, -0.1) is 0 Å². The summed E-state index contributed by atoms with van der Waals surface area (Å²) >= 11 is 0. The second-order valence-corrected chi connectivity index (χ2v) is 13.5. The molecule has 2 heterocycles. The smallest absolute Gasteiger partial charge is 0.205 e. The SMILES string of the molecule is CC1=CC23C(=O)C(C=C4COC(C)(C)OC4C2(O)C1OC(C)(O)c1[nH]ccc1C)[C@H]1[C@@H](C[C@H]3C)C1(C)C. The summed E-state index contributed by atoms with van der Waals surface area (Å²) in [7, 11) is 0. The van der Waals surface area contributed by atoms with Crippen molar-refractivity contribution in [2.45, 2.75) is 91.2 Å². The number of carbonyl (C=O) groups is 1. The molecule has 1 aromatic rings. The molecule has 5 aliphatic rings. The van der Waals surface area contributed by atoms with Crippen LogP contribution in [0.3, 0.4) is 0 Å². The lowest BCUT2D eigenvalue weighted by Gasteiger charge is -2.53. The van der Waals surface area contributed by atoms with Crippen LogP contribution in [0.5, 0.6) is 0 Å². The quantitative estimate of drug-likeness (QED) is 0.417. The van der Waals surface area contributed by atoms with Gasteiger partial charge >= 0.3 is 0 Å². The van der Waals surface area contributed by atoms with Crippen LogP contribution in [0.2, 0.25) is 0 Å². The van der Waals surface area contributed by atoms with Crippen LogP contribution in [-0.4, -0.2) is 51.2 Å². The Hall–Kier alpha value is -1.77. The van der Waals surface area contributed by atoms with Gasteiger partial charge in [-0.05, 0) is 87.0 Å². The van der Waals surface area contributed by atoms with Crippen LogP contribution in [-0.2, 0) is 24.8 Å². The van der Waals surface area contributed by atoms with E-state index >= 15 is 0 Å². The summed E-state index contributed by atoms with van der Waals surface area (Å²) in [5, 5.41) is 24.7. The zero-order chi connectivity index (χ0) is 26.9. The molecule has 0 aromatic carbocycles. The van der Waals surface area contributed by atoms with E-state index in [0.717, 1.165) is 23.1 Å². The summed E-state index contributed by atoms with van der Waals surface area (Å²) in [4.78, 5) is 17.9. The van der Waals surface area contributed by atoms with Gasteiger partial charge in [0.2, 0.25) is 5.79 Å². The molecule has 9 atom stereocenters. The number of rotatable bonds is 3. The second-order valence-electron chi connectivity index (χ2n) is 13.5. The van der Waals surface area contributed by atoms with Gasteiger partial charge in [-0.2, -0.15) is 0 Å². The summed E-state index contributed by atoms with van der Waals surface area (Å²) < 4.78 is 19.1.